The number of aliphatic carboxylic acids is 1. The van der Waals surface area contributed by atoms with Crippen molar-refractivity contribution in [2.45, 2.75) is 25.3 Å². The number of carboxylic acid groups (broad SMARTS) is 1. The van der Waals surface area contributed by atoms with Crippen LogP contribution in [-0.4, -0.2) is 46.5 Å². The lowest BCUT2D eigenvalue weighted by molar-refractivity contribution is -0.385. The second-order valence-electron chi connectivity index (χ2n) is 5.03. The van der Waals surface area contributed by atoms with Gasteiger partial charge in [-0.3, -0.25) is 19.7 Å². The first-order valence-corrected chi connectivity index (χ1v) is 6.79. The van der Waals surface area contributed by atoms with E-state index >= 15 is 0 Å². The number of likely N-dealkylation sites (tertiary alicyclic amines) is 1. The predicted molar refractivity (Wildman–Crippen MR) is 76.0 cm³/mol. The molecule has 8 nitrogen and oxygen atoms in total. The fraction of sp³-hybridized carbons (Fsp3) is 0.429. The van der Waals surface area contributed by atoms with E-state index in [0.717, 1.165) is 0 Å². The van der Waals surface area contributed by atoms with E-state index < -0.39 is 22.8 Å². The molecule has 22 heavy (non-hydrogen) atoms. The van der Waals surface area contributed by atoms with E-state index in [1.54, 1.807) is 0 Å². The van der Waals surface area contributed by atoms with Crippen molar-refractivity contribution < 1.29 is 24.4 Å². The van der Waals surface area contributed by atoms with Crippen LogP contribution in [-0.2, 0) is 4.79 Å². The van der Waals surface area contributed by atoms with E-state index in [9.17, 15) is 19.7 Å². The molecule has 1 fully saturated rings. The fourth-order valence-corrected chi connectivity index (χ4v) is 2.64. The number of amides is 1. The molecule has 0 saturated carbocycles. The second-order valence-corrected chi connectivity index (χ2v) is 5.03. The zero-order valence-electron chi connectivity index (χ0n) is 12.0. The number of rotatable bonds is 5. The highest BCUT2D eigenvalue weighted by atomic mass is 16.6. The molecular weight excluding hydrogens is 292 g/mol. The van der Waals surface area contributed by atoms with E-state index in [4.69, 9.17) is 9.84 Å². The minimum atomic E-state index is -0.996. The topological polar surface area (TPSA) is 110 Å². The van der Waals surface area contributed by atoms with Gasteiger partial charge in [-0.25, -0.2) is 0 Å². The molecule has 118 valence electrons. The summed E-state index contributed by atoms with van der Waals surface area (Å²) < 4.78 is 5.01. The molecule has 8 heteroatoms. The highest BCUT2D eigenvalue weighted by Gasteiger charge is 2.34. The summed E-state index contributed by atoms with van der Waals surface area (Å²) in [5.41, 5.74) is -0.395. The Bertz CT molecular complexity index is 615. The SMILES string of the molecule is COc1ccc([N+](=O)[O-])c(C(=O)N2CCCC2CC(=O)O)c1. The summed E-state index contributed by atoms with van der Waals surface area (Å²) in [5.74, 6) is -1.19. The maximum Gasteiger partial charge on any atom is 0.305 e. The number of carbonyl (C=O) groups excluding carboxylic acids is 1. The van der Waals surface area contributed by atoms with E-state index in [1.165, 1.54) is 30.2 Å². The maximum absolute atomic E-state index is 12.6. The summed E-state index contributed by atoms with van der Waals surface area (Å²) in [5, 5.41) is 20.0. The summed E-state index contributed by atoms with van der Waals surface area (Å²) in [6.07, 6.45) is 1.10. The van der Waals surface area contributed by atoms with Crippen LogP contribution in [0.5, 0.6) is 5.75 Å². The lowest BCUT2D eigenvalue weighted by Crippen LogP contribution is -2.37. The van der Waals surface area contributed by atoms with Crippen LogP contribution < -0.4 is 4.74 Å². The third kappa shape index (κ3) is 3.16. The quantitative estimate of drug-likeness (QED) is 0.654. The molecule has 1 aliphatic rings. The average Bonchev–Trinajstić information content (AvgIpc) is 2.92. The van der Waals surface area contributed by atoms with Gasteiger partial charge < -0.3 is 14.7 Å². The van der Waals surface area contributed by atoms with Gasteiger partial charge in [-0.15, -0.1) is 0 Å². The number of nitrogens with zero attached hydrogens (tertiary/aromatic N) is 2. The highest BCUT2D eigenvalue weighted by molar-refractivity contribution is 5.99. The molecule has 0 spiro atoms. The summed E-state index contributed by atoms with van der Waals surface area (Å²) in [6.45, 7) is 0.394. The summed E-state index contributed by atoms with van der Waals surface area (Å²) in [7, 11) is 1.40. The van der Waals surface area contributed by atoms with Crippen molar-refractivity contribution in [3.05, 3.63) is 33.9 Å². The van der Waals surface area contributed by atoms with E-state index in [0.29, 0.717) is 25.1 Å². The molecule has 1 aromatic carbocycles. The van der Waals surface area contributed by atoms with Crippen LogP contribution in [0.25, 0.3) is 0 Å². The number of ether oxygens (including phenoxy) is 1. The number of hydrogen-bond acceptors (Lipinski definition) is 5. The molecule has 1 heterocycles. The maximum atomic E-state index is 12.6. The molecule has 1 aromatic rings. The van der Waals surface area contributed by atoms with Gasteiger partial charge in [0.1, 0.15) is 11.3 Å². The Morgan fingerprint density at radius 2 is 2.23 bits per heavy atom. The van der Waals surface area contributed by atoms with Crippen LogP contribution >= 0.6 is 0 Å². The van der Waals surface area contributed by atoms with Crippen molar-refractivity contribution in [2.24, 2.45) is 0 Å². The van der Waals surface area contributed by atoms with Crippen molar-refractivity contribution in [3.63, 3.8) is 0 Å². The summed E-state index contributed by atoms with van der Waals surface area (Å²) in [6, 6.07) is 3.51. The van der Waals surface area contributed by atoms with Gasteiger partial charge in [0.2, 0.25) is 0 Å². The van der Waals surface area contributed by atoms with Gasteiger partial charge in [0.05, 0.1) is 18.5 Å². The largest absolute Gasteiger partial charge is 0.497 e. The fourth-order valence-electron chi connectivity index (χ4n) is 2.64. The first-order chi connectivity index (χ1) is 10.4. The van der Waals surface area contributed by atoms with Crippen LogP contribution in [0.3, 0.4) is 0 Å². The number of methoxy groups -OCH3 is 1. The predicted octanol–water partition coefficient (Wildman–Crippen LogP) is 1.68. The van der Waals surface area contributed by atoms with Crippen molar-refractivity contribution in [1.29, 1.82) is 0 Å². The van der Waals surface area contributed by atoms with Gasteiger partial charge in [0.25, 0.3) is 11.6 Å². The van der Waals surface area contributed by atoms with Crippen molar-refractivity contribution >= 4 is 17.6 Å². The lowest BCUT2D eigenvalue weighted by Gasteiger charge is -2.23. The minimum Gasteiger partial charge on any atom is -0.497 e. The number of hydrogen-bond donors (Lipinski definition) is 1. The van der Waals surface area contributed by atoms with Gasteiger partial charge in [-0.1, -0.05) is 0 Å². The van der Waals surface area contributed by atoms with Gasteiger partial charge in [-0.2, -0.15) is 0 Å². The van der Waals surface area contributed by atoms with Crippen molar-refractivity contribution in [3.8, 4) is 5.75 Å². The van der Waals surface area contributed by atoms with Gasteiger partial charge in [0.15, 0.2) is 0 Å². The number of benzene rings is 1. The Balaban J connectivity index is 2.35. The first kappa shape index (κ1) is 15.7. The zero-order chi connectivity index (χ0) is 16.3. The Labute approximate surface area is 126 Å². The molecule has 2 rings (SSSR count). The molecule has 0 aromatic heterocycles. The molecule has 1 unspecified atom stereocenters. The molecule has 0 radical (unpaired) electrons. The number of carbonyl (C=O) groups is 2. The summed E-state index contributed by atoms with van der Waals surface area (Å²) >= 11 is 0. The van der Waals surface area contributed by atoms with E-state index in [-0.39, 0.29) is 17.7 Å². The molecule has 1 saturated heterocycles. The number of nitro groups is 1. The monoisotopic (exact) mass is 308 g/mol. The Morgan fingerprint density at radius 3 is 2.82 bits per heavy atom. The zero-order valence-corrected chi connectivity index (χ0v) is 12.0. The third-order valence-corrected chi connectivity index (χ3v) is 3.68. The Morgan fingerprint density at radius 1 is 1.50 bits per heavy atom. The molecule has 1 aliphatic heterocycles. The first-order valence-electron chi connectivity index (χ1n) is 6.79. The van der Waals surface area contributed by atoms with E-state index in [1.807, 2.05) is 0 Å². The van der Waals surface area contributed by atoms with Crippen LogP contribution in [0.1, 0.15) is 29.6 Å². The average molecular weight is 308 g/mol. The Hall–Kier alpha value is -2.64. The van der Waals surface area contributed by atoms with Gasteiger partial charge in [0, 0.05) is 18.7 Å². The van der Waals surface area contributed by atoms with Crippen molar-refractivity contribution in [2.75, 3.05) is 13.7 Å². The van der Waals surface area contributed by atoms with Gasteiger partial charge in [-0.05, 0) is 25.0 Å². The normalized spacial score (nSPS) is 17.3. The van der Waals surface area contributed by atoms with Crippen molar-refractivity contribution in [1.82, 2.24) is 4.90 Å². The molecular formula is C14H16N2O6. The molecule has 0 bridgehead atoms. The molecule has 1 atom stereocenters. The number of carboxylic acids is 1. The molecule has 1 amide bonds. The van der Waals surface area contributed by atoms with Gasteiger partial charge >= 0.3 is 5.97 Å². The summed E-state index contributed by atoms with van der Waals surface area (Å²) in [4.78, 5) is 35.3. The van der Waals surface area contributed by atoms with Crippen LogP contribution in [0.2, 0.25) is 0 Å². The highest BCUT2D eigenvalue weighted by Crippen LogP contribution is 2.29. The third-order valence-electron chi connectivity index (χ3n) is 3.68. The number of nitro benzene ring substituents is 1. The van der Waals surface area contributed by atoms with Crippen LogP contribution in [0.15, 0.2) is 18.2 Å². The van der Waals surface area contributed by atoms with Crippen LogP contribution in [0, 0.1) is 10.1 Å². The van der Waals surface area contributed by atoms with Crippen LogP contribution in [0.4, 0.5) is 5.69 Å². The molecule has 1 N–H and O–H groups in total. The second kappa shape index (κ2) is 6.42. The Kier molecular flexibility index (Phi) is 4.59. The minimum absolute atomic E-state index is 0.0818. The molecule has 0 aliphatic carbocycles. The van der Waals surface area contributed by atoms with E-state index in [2.05, 4.69) is 0 Å². The smallest absolute Gasteiger partial charge is 0.305 e. The standard InChI is InChI=1S/C14H16N2O6/c1-22-10-4-5-12(16(20)21)11(8-10)14(19)15-6-2-3-9(15)7-13(17)18/h4-5,8-9H,2-3,6-7H2,1H3,(H,17,18). The lowest BCUT2D eigenvalue weighted by atomic mass is 10.1.